The molecule has 2 aromatic carbocycles. The minimum absolute atomic E-state index is 0.0893. The van der Waals surface area contributed by atoms with Crippen LogP contribution in [0.4, 0.5) is 8.78 Å². The van der Waals surface area contributed by atoms with E-state index >= 15 is 0 Å². The van der Waals surface area contributed by atoms with Gasteiger partial charge < -0.3 is 10.1 Å². The number of hydrogen-bond donors (Lipinski definition) is 1. The first-order chi connectivity index (χ1) is 10.2. The molecule has 0 aliphatic heterocycles. The van der Waals surface area contributed by atoms with Crippen molar-refractivity contribution in [2.75, 3.05) is 20.3 Å². The lowest BCUT2D eigenvalue weighted by atomic mass is 10.0. The predicted molar refractivity (Wildman–Crippen MR) is 80.5 cm³/mol. The number of ether oxygens (including phenoxy) is 1. The molecule has 112 valence electrons. The van der Waals surface area contributed by atoms with Crippen LogP contribution >= 0.6 is 0 Å². The van der Waals surface area contributed by atoms with Gasteiger partial charge in [0.2, 0.25) is 0 Å². The van der Waals surface area contributed by atoms with E-state index in [0.29, 0.717) is 0 Å². The van der Waals surface area contributed by atoms with E-state index in [1.54, 1.807) is 7.05 Å². The fourth-order valence-electron chi connectivity index (χ4n) is 2.16. The highest BCUT2D eigenvalue weighted by Crippen LogP contribution is 2.22. The maximum Gasteiger partial charge on any atom is 0.261 e. The molecule has 2 rings (SSSR count). The molecule has 4 heteroatoms. The molecule has 0 aliphatic carbocycles. The number of benzene rings is 2. The summed E-state index contributed by atoms with van der Waals surface area (Å²) in [5.41, 5.74) is 3.30. The highest BCUT2D eigenvalue weighted by molar-refractivity contribution is 5.63. The van der Waals surface area contributed by atoms with Crippen molar-refractivity contribution in [2.24, 2.45) is 0 Å². The van der Waals surface area contributed by atoms with E-state index < -0.39 is 13.0 Å². The van der Waals surface area contributed by atoms with E-state index in [0.717, 1.165) is 16.7 Å². The Labute approximate surface area is 123 Å². The molecule has 0 saturated carbocycles. The second-order valence-electron chi connectivity index (χ2n) is 4.76. The Hall–Kier alpha value is -1.78. The Morgan fingerprint density at radius 3 is 2.10 bits per heavy atom. The molecule has 0 aliphatic rings. The average molecular weight is 291 g/mol. The van der Waals surface area contributed by atoms with E-state index in [2.05, 4.69) is 17.4 Å². The van der Waals surface area contributed by atoms with Crippen LogP contribution in [0.25, 0.3) is 11.1 Å². The Morgan fingerprint density at radius 2 is 1.52 bits per heavy atom. The van der Waals surface area contributed by atoms with Crippen LogP contribution in [0.2, 0.25) is 0 Å². The van der Waals surface area contributed by atoms with Crippen molar-refractivity contribution in [3.8, 4) is 11.1 Å². The molecule has 21 heavy (non-hydrogen) atoms. The number of halogens is 2. The minimum atomic E-state index is -2.43. The van der Waals surface area contributed by atoms with Gasteiger partial charge in [-0.05, 0) is 23.7 Å². The van der Waals surface area contributed by atoms with Crippen LogP contribution in [0, 0.1) is 0 Å². The van der Waals surface area contributed by atoms with E-state index in [1.165, 1.54) is 0 Å². The summed E-state index contributed by atoms with van der Waals surface area (Å²) in [4.78, 5) is 0. The molecule has 0 spiro atoms. The molecule has 1 N–H and O–H groups in total. The third-order valence-electron chi connectivity index (χ3n) is 3.30. The molecule has 0 radical (unpaired) electrons. The molecule has 2 nitrogen and oxygen atoms in total. The lowest BCUT2D eigenvalue weighted by Crippen LogP contribution is -2.23. The van der Waals surface area contributed by atoms with Crippen LogP contribution in [0.15, 0.2) is 54.6 Å². The lowest BCUT2D eigenvalue weighted by Gasteiger charge is -2.17. The Bertz CT molecular complexity index is 528. The van der Waals surface area contributed by atoms with Crippen molar-refractivity contribution in [1.29, 1.82) is 0 Å². The highest BCUT2D eigenvalue weighted by atomic mass is 19.3. The van der Waals surface area contributed by atoms with Gasteiger partial charge in [0.15, 0.2) is 0 Å². The van der Waals surface area contributed by atoms with Crippen LogP contribution in [0.1, 0.15) is 11.6 Å². The summed E-state index contributed by atoms with van der Waals surface area (Å²) in [7, 11) is 1.79. The molecule has 1 unspecified atom stereocenters. The van der Waals surface area contributed by atoms with E-state index in [-0.39, 0.29) is 12.6 Å². The van der Waals surface area contributed by atoms with Gasteiger partial charge >= 0.3 is 0 Å². The molecule has 0 aromatic heterocycles. The van der Waals surface area contributed by atoms with Crippen LogP contribution < -0.4 is 5.32 Å². The normalized spacial score (nSPS) is 12.6. The Balaban J connectivity index is 2.03. The summed E-state index contributed by atoms with van der Waals surface area (Å²) in [5.74, 6) is 0. The molecule has 0 fully saturated rings. The fraction of sp³-hybridized carbons (Fsp3) is 0.294. The quantitative estimate of drug-likeness (QED) is 0.835. The maximum atomic E-state index is 12.1. The van der Waals surface area contributed by atoms with Gasteiger partial charge in [0.25, 0.3) is 6.43 Å². The van der Waals surface area contributed by atoms with Crippen LogP contribution in [0.5, 0.6) is 0 Å². The summed E-state index contributed by atoms with van der Waals surface area (Å²) in [5, 5.41) is 3.08. The third kappa shape index (κ3) is 4.62. The van der Waals surface area contributed by atoms with Crippen molar-refractivity contribution >= 4 is 0 Å². The van der Waals surface area contributed by atoms with Gasteiger partial charge in [-0.3, -0.25) is 0 Å². The largest absolute Gasteiger partial charge is 0.374 e. The van der Waals surface area contributed by atoms with Gasteiger partial charge in [-0.1, -0.05) is 54.6 Å². The summed E-state index contributed by atoms with van der Waals surface area (Å²) in [6.45, 7) is -0.300. The summed E-state index contributed by atoms with van der Waals surface area (Å²) in [6.07, 6.45) is -2.43. The smallest absolute Gasteiger partial charge is 0.261 e. The lowest BCUT2D eigenvalue weighted by molar-refractivity contribution is 0.00986. The average Bonchev–Trinajstić information content (AvgIpc) is 2.52. The molecule has 2 aromatic rings. The molecular formula is C17H19F2NO. The third-order valence-corrected chi connectivity index (χ3v) is 3.30. The highest BCUT2D eigenvalue weighted by Gasteiger charge is 2.11. The van der Waals surface area contributed by atoms with Crippen LogP contribution in [-0.4, -0.2) is 26.7 Å². The monoisotopic (exact) mass is 291 g/mol. The van der Waals surface area contributed by atoms with Crippen molar-refractivity contribution < 1.29 is 13.5 Å². The zero-order chi connectivity index (χ0) is 15.1. The van der Waals surface area contributed by atoms with E-state index in [4.69, 9.17) is 4.74 Å². The standard InChI is InChI=1S/C17H19F2NO/c1-20-16(11-21-12-17(18)19)15-9-7-14(8-10-15)13-5-3-2-4-6-13/h2-10,16-17,20H,11-12H2,1H3. The van der Waals surface area contributed by atoms with Gasteiger partial charge in [0.05, 0.1) is 12.6 Å². The Morgan fingerprint density at radius 1 is 0.905 bits per heavy atom. The molecule has 0 amide bonds. The van der Waals surface area contributed by atoms with Crippen molar-refractivity contribution in [3.05, 3.63) is 60.2 Å². The molecule has 0 heterocycles. The zero-order valence-corrected chi connectivity index (χ0v) is 11.9. The molecule has 0 bridgehead atoms. The molecular weight excluding hydrogens is 272 g/mol. The first-order valence-corrected chi connectivity index (χ1v) is 6.89. The molecule has 0 saturated heterocycles. The maximum absolute atomic E-state index is 12.1. The minimum Gasteiger partial charge on any atom is -0.374 e. The van der Waals surface area contributed by atoms with E-state index in [1.807, 2.05) is 42.5 Å². The fourth-order valence-corrected chi connectivity index (χ4v) is 2.16. The Kier molecular flexibility index (Phi) is 5.84. The van der Waals surface area contributed by atoms with Crippen molar-refractivity contribution in [3.63, 3.8) is 0 Å². The molecule has 1 atom stereocenters. The van der Waals surface area contributed by atoms with Crippen LogP contribution in [-0.2, 0) is 4.74 Å². The second-order valence-corrected chi connectivity index (χ2v) is 4.76. The SMILES string of the molecule is CNC(COCC(F)F)c1ccc(-c2ccccc2)cc1. The van der Waals surface area contributed by atoms with Crippen molar-refractivity contribution in [1.82, 2.24) is 5.32 Å². The number of rotatable bonds is 7. The van der Waals surface area contributed by atoms with Gasteiger partial charge in [-0.15, -0.1) is 0 Å². The van der Waals surface area contributed by atoms with Crippen LogP contribution in [0.3, 0.4) is 0 Å². The number of hydrogen-bond acceptors (Lipinski definition) is 2. The summed E-state index contributed by atoms with van der Waals surface area (Å²) >= 11 is 0. The predicted octanol–water partition coefficient (Wildman–Crippen LogP) is 3.90. The first kappa shape index (κ1) is 15.6. The summed E-state index contributed by atoms with van der Waals surface area (Å²) < 4.78 is 29.2. The van der Waals surface area contributed by atoms with Crippen molar-refractivity contribution in [2.45, 2.75) is 12.5 Å². The van der Waals surface area contributed by atoms with E-state index in [9.17, 15) is 8.78 Å². The van der Waals surface area contributed by atoms with Gasteiger partial charge in [0, 0.05) is 0 Å². The number of nitrogens with one attached hydrogen (secondary N) is 1. The number of alkyl halides is 2. The zero-order valence-electron chi connectivity index (χ0n) is 11.9. The van der Waals surface area contributed by atoms with Gasteiger partial charge in [0.1, 0.15) is 6.61 Å². The van der Waals surface area contributed by atoms with Gasteiger partial charge in [-0.2, -0.15) is 0 Å². The second kappa shape index (κ2) is 7.86. The topological polar surface area (TPSA) is 21.3 Å². The van der Waals surface area contributed by atoms with Gasteiger partial charge in [-0.25, -0.2) is 8.78 Å². The summed E-state index contributed by atoms with van der Waals surface area (Å²) in [6, 6.07) is 18.0. The number of likely N-dealkylation sites (N-methyl/N-ethyl adjacent to an activating group) is 1. The first-order valence-electron chi connectivity index (χ1n) is 6.89.